The third kappa shape index (κ3) is 5.26. The zero-order valence-corrected chi connectivity index (χ0v) is 19.5. The van der Waals surface area contributed by atoms with E-state index < -0.39 is 23.7 Å². The van der Waals surface area contributed by atoms with Gasteiger partial charge in [-0.2, -0.15) is 0 Å². The highest BCUT2D eigenvalue weighted by Gasteiger charge is 2.23. The summed E-state index contributed by atoms with van der Waals surface area (Å²) in [6.07, 6.45) is 5.64. The highest BCUT2D eigenvalue weighted by atomic mass is 19.2. The molecule has 2 nitrogen and oxygen atoms in total. The average Bonchev–Trinajstić information content (AvgIpc) is 2.86. The van der Waals surface area contributed by atoms with Gasteiger partial charge >= 0.3 is 0 Å². The molecule has 1 aliphatic rings. The minimum atomic E-state index is -0.846. The Labute approximate surface area is 199 Å². The molecule has 178 valence electrons. The predicted molar refractivity (Wildman–Crippen MR) is 129 cm³/mol. The molecule has 1 saturated heterocycles. The van der Waals surface area contributed by atoms with Crippen molar-refractivity contribution in [2.75, 3.05) is 13.2 Å². The van der Waals surface area contributed by atoms with E-state index >= 15 is 0 Å². The molecule has 34 heavy (non-hydrogen) atoms. The van der Waals surface area contributed by atoms with Crippen molar-refractivity contribution in [3.63, 3.8) is 0 Å². The van der Waals surface area contributed by atoms with Crippen LogP contribution in [0.3, 0.4) is 0 Å². The van der Waals surface area contributed by atoms with Gasteiger partial charge in [0.25, 0.3) is 0 Å². The summed E-state index contributed by atoms with van der Waals surface area (Å²) in [6.45, 7) is 5.01. The van der Waals surface area contributed by atoms with E-state index in [0.717, 1.165) is 12.8 Å². The van der Waals surface area contributed by atoms with Crippen LogP contribution in [0.1, 0.15) is 44.1 Å². The van der Waals surface area contributed by atoms with Gasteiger partial charge in [0.1, 0.15) is 5.82 Å². The first kappa shape index (κ1) is 24.2. The second-order valence-corrected chi connectivity index (χ2v) is 8.60. The third-order valence-electron chi connectivity index (χ3n) is 6.12. The smallest absolute Gasteiger partial charge is 0.183 e. The van der Waals surface area contributed by atoms with Gasteiger partial charge in [-0.25, -0.2) is 13.2 Å². The van der Waals surface area contributed by atoms with Crippen molar-refractivity contribution in [2.24, 2.45) is 5.92 Å². The maximum atomic E-state index is 14.9. The fraction of sp³-hybridized carbons (Fsp3) is 0.310. The Morgan fingerprint density at radius 2 is 1.50 bits per heavy atom. The SMILES string of the molecule is CC=CC1COC(c2ccc(-c3ccc(-c4ccc(CCCC)c(F)c4F)cc3)c(F)c2)OC1. The summed E-state index contributed by atoms with van der Waals surface area (Å²) in [5, 5.41) is 0. The summed E-state index contributed by atoms with van der Waals surface area (Å²) < 4.78 is 55.6. The van der Waals surface area contributed by atoms with Gasteiger partial charge in [0.2, 0.25) is 0 Å². The second-order valence-electron chi connectivity index (χ2n) is 8.60. The number of aryl methyl sites for hydroxylation is 1. The molecule has 1 fully saturated rings. The predicted octanol–water partition coefficient (Wildman–Crippen LogP) is 8.02. The standard InChI is InChI=1S/C29H29F3O2/c1-3-5-7-22-12-15-25(28(32)27(22)31)21-10-8-20(9-11-21)24-14-13-23(16-26(24)30)29-33-17-19(6-4-2)18-34-29/h4,6,8-16,19,29H,3,5,7,17-18H2,1-2H3. The average molecular weight is 467 g/mol. The van der Waals surface area contributed by atoms with Gasteiger partial charge in [-0.05, 0) is 42.5 Å². The molecule has 1 heterocycles. The van der Waals surface area contributed by atoms with Gasteiger partial charge < -0.3 is 9.47 Å². The molecule has 4 rings (SSSR count). The van der Waals surface area contributed by atoms with Crippen molar-refractivity contribution in [1.29, 1.82) is 0 Å². The topological polar surface area (TPSA) is 18.5 Å². The first-order chi connectivity index (χ1) is 16.5. The molecule has 0 spiro atoms. The summed E-state index contributed by atoms with van der Waals surface area (Å²) in [7, 11) is 0. The summed E-state index contributed by atoms with van der Waals surface area (Å²) in [5.41, 5.74) is 2.82. The van der Waals surface area contributed by atoms with Crippen LogP contribution in [0.5, 0.6) is 0 Å². The van der Waals surface area contributed by atoms with Crippen LogP contribution in [0.25, 0.3) is 22.3 Å². The van der Waals surface area contributed by atoms with E-state index in [2.05, 4.69) is 0 Å². The lowest BCUT2D eigenvalue weighted by molar-refractivity contribution is -0.197. The van der Waals surface area contributed by atoms with E-state index in [1.165, 1.54) is 6.07 Å². The number of allylic oxidation sites excluding steroid dienone is 1. The molecule has 0 aromatic heterocycles. The minimum absolute atomic E-state index is 0.197. The molecular weight excluding hydrogens is 437 g/mol. The van der Waals surface area contributed by atoms with Gasteiger partial charge in [-0.1, -0.05) is 74.0 Å². The molecule has 0 bridgehead atoms. The van der Waals surface area contributed by atoms with E-state index in [1.54, 1.807) is 48.5 Å². The quantitative estimate of drug-likeness (QED) is 0.328. The van der Waals surface area contributed by atoms with Gasteiger partial charge in [-0.3, -0.25) is 0 Å². The normalized spacial score (nSPS) is 18.5. The van der Waals surface area contributed by atoms with Gasteiger partial charge in [0.05, 0.1) is 13.2 Å². The number of ether oxygens (including phenoxy) is 2. The Kier molecular flexibility index (Phi) is 7.86. The van der Waals surface area contributed by atoms with Crippen molar-refractivity contribution < 1.29 is 22.6 Å². The van der Waals surface area contributed by atoms with Crippen molar-refractivity contribution in [3.05, 3.63) is 95.3 Å². The van der Waals surface area contributed by atoms with Gasteiger partial charge in [0.15, 0.2) is 17.9 Å². The van der Waals surface area contributed by atoms with Crippen LogP contribution in [0.2, 0.25) is 0 Å². The van der Waals surface area contributed by atoms with E-state index in [4.69, 9.17) is 9.47 Å². The number of hydrogen-bond acceptors (Lipinski definition) is 2. The van der Waals surface area contributed by atoms with E-state index in [-0.39, 0.29) is 11.5 Å². The van der Waals surface area contributed by atoms with Crippen molar-refractivity contribution in [3.8, 4) is 22.3 Å². The van der Waals surface area contributed by atoms with E-state index in [9.17, 15) is 13.2 Å². The number of benzene rings is 3. The van der Waals surface area contributed by atoms with Crippen LogP contribution < -0.4 is 0 Å². The van der Waals surface area contributed by atoms with Gasteiger partial charge in [0, 0.05) is 22.6 Å². The minimum Gasteiger partial charge on any atom is -0.348 e. The highest BCUT2D eigenvalue weighted by Crippen LogP contribution is 2.32. The Morgan fingerprint density at radius 3 is 2.12 bits per heavy atom. The van der Waals surface area contributed by atoms with Crippen molar-refractivity contribution in [2.45, 2.75) is 39.4 Å². The molecule has 0 atom stereocenters. The fourth-order valence-corrected chi connectivity index (χ4v) is 4.21. The zero-order chi connectivity index (χ0) is 24.1. The Morgan fingerprint density at radius 1 is 0.853 bits per heavy atom. The Hall–Kier alpha value is -2.89. The maximum Gasteiger partial charge on any atom is 0.183 e. The molecule has 0 saturated carbocycles. The monoisotopic (exact) mass is 466 g/mol. The number of halogens is 3. The first-order valence-corrected chi connectivity index (χ1v) is 11.7. The second kappa shape index (κ2) is 11.0. The number of unbranched alkanes of at least 4 members (excludes halogenated alkanes) is 1. The third-order valence-corrected chi connectivity index (χ3v) is 6.12. The Bertz CT molecular complexity index is 1150. The van der Waals surface area contributed by atoms with E-state index in [0.29, 0.717) is 47.5 Å². The highest BCUT2D eigenvalue weighted by molar-refractivity contribution is 5.71. The van der Waals surface area contributed by atoms with Crippen LogP contribution in [-0.4, -0.2) is 13.2 Å². The molecule has 0 unspecified atom stereocenters. The lowest BCUT2D eigenvalue weighted by Crippen LogP contribution is -2.25. The number of rotatable bonds is 7. The molecule has 0 N–H and O–H groups in total. The number of hydrogen-bond donors (Lipinski definition) is 0. The summed E-state index contributed by atoms with van der Waals surface area (Å²) in [6, 6.07) is 14.9. The molecule has 3 aromatic rings. The molecular formula is C29H29F3O2. The Balaban J connectivity index is 1.51. The molecule has 0 amide bonds. The van der Waals surface area contributed by atoms with Crippen LogP contribution in [0.4, 0.5) is 13.2 Å². The van der Waals surface area contributed by atoms with Crippen LogP contribution in [0, 0.1) is 23.4 Å². The van der Waals surface area contributed by atoms with Crippen molar-refractivity contribution in [1.82, 2.24) is 0 Å². The first-order valence-electron chi connectivity index (χ1n) is 11.7. The largest absolute Gasteiger partial charge is 0.348 e. The molecule has 5 heteroatoms. The van der Waals surface area contributed by atoms with E-state index in [1.807, 2.05) is 26.0 Å². The summed E-state index contributed by atoms with van der Waals surface area (Å²) in [4.78, 5) is 0. The van der Waals surface area contributed by atoms with Crippen LogP contribution >= 0.6 is 0 Å². The molecule has 0 radical (unpaired) electrons. The lowest BCUT2D eigenvalue weighted by Gasteiger charge is -2.28. The summed E-state index contributed by atoms with van der Waals surface area (Å²) in [5.74, 6) is -1.83. The zero-order valence-electron chi connectivity index (χ0n) is 19.5. The summed E-state index contributed by atoms with van der Waals surface area (Å²) >= 11 is 0. The molecule has 1 aliphatic heterocycles. The van der Waals surface area contributed by atoms with Crippen LogP contribution in [-0.2, 0) is 15.9 Å². The lowest BCUT2D eigenvalue weighted by atomic mass is 9.97. The van der Waals surface area contributed by atoms with Crippen LogP contribution in [0.15, 0.2) is 66.7 Å². The molecule has 3 aromatic carbocycles. The molecule has 0 aliphatic carbocycles. The van der Waals surface area contributed by atoms with Gasteiger partial charge in [-0.15, -0.1) is 0 Å². The van der Waals surface area contributed by atoms with Crippen molar-refractivity contribution >= 4 is 0 Å². The fourth-order valence-electron chi connectivity index (χ4n) is 4.21. The maximum absolute atomic E-state index is 14.9.